The Kier molecular flexibility index (Phi) is 2.85. The van der Waals surface area contributed by atoms with Crippen LogP contribution in [0.25, 0.3) is 0 Å². The van der Waals surface area contributed by atoms with E-state index in [0.29, 0.717) is 12.3 Å². The number of rotatable bonds is 1. The molecule has 0 heterocycles. The Morgan fingerprint density at radius 3 is 2.64 bits per heavy atom. The molecular formula is C13H17F. The van der Waals surface area contributed by atoms with Crippen molar-refractivity contribution in [1.29, 1.82) is 0 Å². The molecule has 1 fully saturated rings. The van der Waals surface area contributed by atoms with E-state index in [2.05, 4.69) is 6.58 Å². The predicted octanol–water partition coefficient (Wildman–Crippen LogP) is 4.31. The van der Waals surface area contributed by atoms with Crippen molar-refractivity contribution in [3.63, 3.8) is 0 Å². The Balaban J connectivity index is 2.10. The van der Waals surface area contributed by atoms with Crippen molar-refractivity contribution >= 4 is 0 Å². The van der Waals surface area contributed by atoms with Crippen molar-refractivity contribution in [3.8, 4) is 0 Å². The second-order valence-corrected chi connectivity index (χ2v) is 4.31. The van der Waals surface area contributed by atoms with Crippen LogP contribution in [0.15, 0.2) is 35.7 Å². The summed E-state index contributed by atoms with van der Waals surface area (Å²) in [7, 11) is 0. The molecule has 0 aromatic rings. The van der Waals surface area contributed by atoms with E-state index in [-0.39, 0.29) is 5.83 Å². The molecule has 0 radical (unpaired) electrons. The summed E-state index contributed by atoms with van der Waals surface area (Å²) in [6, 6.07) is 0. The lowest BCUT2D eigenvalue weighted by molar-refractivity contribution is 0.481. The topological polar surface area (TPSA) is 0 Å². The Morgan fingerprint density at radius 1 is 1.14 bits per heavy atom. The van der Waals surface area contributed by atoms with Gasteiger partial charge in [0.1, 0.15) is 5.83 Å². The van der Waals surface area contributed by atoms with Crippen molar-refractivity contribution < 1.29 is 4.39 Å². The average molecular weight is 192 g/mol. The summed E-state index contributed by atoms with van der Waals surface area (Å²) < 4.78 is 12.8. The standard InChI is InChI=1S/C13H17F/c1-10-4-2-3-5-13(10)11-6-8-12(14)9-7-11/h6,8,13H,1-5,7,9H2. The van der Waals surface area contributed by atoms with Gasteiger partial charge < -0.3 is 0 Å². The van der Waals surface area contributed by atoms with E-state index < -0.39 is 0 Å². The van der Waals surface area contributed by atoms with Gasteiger partial charge in [0, 0.05) is 12.3 Å². The van der Waals surface area contributed by atoms with Gasteiger partial charge in [0.2, 0.25) is 0 Å². The van der Waals surface area contributed by atoms with Gasteiger partial charge in [-0.1, -0.05) is 30.2 Å². The number of hydrogen-bond donors (Lipinski definition) is 0. The Hall–Kier alpha value is -0.850. The van der Waals surface area contributed by atoms with Gasteiger partial charge in [0.05, 0.1) is 0 Å². The summed E-state index contributed by atoms with van der Waals surface area (Å²) >= 11 is 0. The molecule has 0 bridgehead atoms. The summed E-state index contributed by atoms with van der Waals surface area (Å²) in [5, 5.41) is 0. The minimum atomic E-state index is 0.0233. The van der Waals surface area contributed by atoms with Crippen LogP contribution < -0.4 is 0 Å². The number of hydrogen-bond acceptors (Lipinski definition) is 0. The molecule has 0 spiro atoms. The Bertz CT molecular complexity index is 296. The zero-order valence-electron chi connectivity index (χ0n) is 8.56. The molecule has 0 N–H and O–H groups in total. The molecule has 2 rings (SSSR count). The van der Waals surface area contributed by atoms with Gasteiger partial charge in [-0.25, -0.2) is 4.39 Å². The minimum absolute atomic E-state index is 0.0233. The SMILES string of the molecule is C=C1CCCCC1C1=CC=C(F)CC1. The van der Waals surface area contributed by atoms with E-state index in [1.807, 2.05) is 6.08 Å². The Labute approximate surface area is 85.2 Å². The summed E-state index contributed by atoms with van der Waals surface area (Å²) in [6.45, 7) is 4.13. The zero-order valence-corrected chi connectivity index (χ0v) is 8.56. The molecule has 0 saturated heterocycles. The van der Waals surface area contributed by atoms with E-state index >= 15 is 0 Å². The molecule has 0 nitrogen and oxygen atoms in total. The van der Waals surface area contributed by atoms with E-state index in [4.69, 9.17) is 0 Å². The fraction of sp³-hybridized carbons (Fsp3) is 0.538. The largest absolute Gasteiger partial charge is 0.212 e. The van der Waals surface area contributed by atoms with E-state index in [9.17, 15) is 4.39 Å². The first-order chi connectivity index (χ1) is 6.77. The van der Waals surface area contributed by atoms with Crippen molar-refractivity contribution in [3.05, 3.63) is 35.7 Å². The van der Waals surface area contributed by atoms with Gasteiger partial charge in [-0.15, -0.1) is 0 Å². The molecule has 0 aromatic carbocycles. The summed E-state index contributed by atoms with van der Waals surface area (Å²) in [5.74, 6) is 0.572. The normalized spacial score (nSPS) is 28.4. The van der Waals surface area contributed by atoms with Crippen LogP contribution in [0.5, 0.6) is 0 Å². The highest BCUT2D eigenvalue weighted by Gasteiger charge is 2.21. The fourth-order valence-corrected chi connectivity index (χ4v) is 2.44. The maximum Gasteiger partial charge on any atom is 0.100 e. The van der Waals surface area contributed by atoms with Gasteiger partial charge in [0.15, 0.2) is 0 Å². The molecule has 2 aliphatic rings. The molecule has 1 saturated carbocycles. The first kappa shape index (κ1) is 9.70. The monoisotopic (exact) mass is 192 g/mol. The zero-order chi connectivity index (χ0) is 9.97. The molecule has 0 aromatic heterocycles. The molecule has 2 aliphatic carbocycles. The van der Waals surface area contributed by atoms with Crippen molar-refractivity contribution in [2.24, 2.45) is 5.92 Å². The minimum Gasteiger partial charge on any atom is -0.212 e. The number of allylic oxidation sites excluding steroid dienone is 5. The maximum atomic E-state index is 12.8. The van der Waals surface area contributed by atoms with Crippen LogP contribution in [0.3, 0.4) is 0 Å². The first-order valence-corrected chi connectivity index (χ1v) is 5.50. The molecule has 14 heavy (non-hydrogen) atoms. The van der Waals surface area contributed by atoms with Crippen LogP contribution in [0.4, 0.5) is 4.39 Å². The van der Waals surface area contributed by atoms with Crippen molar-refractivity contribution in [1.82, 2.24) is 0 Å². The van der Waals surface area contributed by atoms with Crippen LogP contribution in [-0.2, 0) is 0 Å². The second-order valence-electron chi connectivity index (χ2n) is 4.31. The molecule has 1 atom stereocenters. The third-order valence-electron chi connectivity index (χ3n) is 3.31. The first-order valence-electron chi connectivity index (χ1n) is 5.50. The van der Waals surface area contributed by atoms with Crippen LogP contribution in [0.2, 0.25) is 0 Å². The quantitative estimate of drug-likeness (QED) is 0.543. The van der Waals surface area contributed by atoms with Gasteiger partial charge in [-0.2, -0.15) is 0 Å². The summed E-state index contributed by atoms with van der Waals surface area (Å²) in [4.78, 5) is 0. The van der Waals surface area contributed by atoms with Crippen molar-refractivity contribution in [2.45, 2.75) is 38.5 Å². The van der Waals surface area contributed by atoms with Gasteiger partial charge >= 0.3 is 0 Å². The van der Waals surface area contributed by atoms with Gasteiger partial charge in [-0.05, 0) is 31.8 Å². The Morgan fingerprint density at radius 2 is 2.00 bits per heavy atom. The highest BCUT2D eigenvalue weighted by molar-refractivity contribution is 5.28. The van der Waals surface area contributed by atoms with E-state index in [1.54, 1.807) is 6.08 Å². The van der Waals surface area contributed by atoms with E-state index in [1.165, 1.54) is 30.4 Å². The van der Waals surface area contributed by atoms with Crippen LogP contribution in [0.1, 0.15) is 38.5 Å². The maximum absolute atomic E-state index is 12.8. The van der Waals surface area contributed by atoms with Gasteiger partial charge in [0.25, 0.3) is 0 Å². The lowest BCUT2D eigenvalue weighted by Crippen LogP contribution is -2.13. The molecule has 1 unspecified atom stereocenters. The molecule has 0 amide bonds. The summed E-state index contributed by atoms with van der Waals surface area (Å²) in [6.07, 6.45) is 10.1. The average Bonchev–Trinajstić information content (AvgIpc) is 2.20. The smallest absolute Gasteiger partial charge is 0.100 e. The van der Waals surface area contributed by atoms with Gasteiger partial charge in [-0.3, -0.25) is 0 Å². The van der Waals surface area contributed by atoms with Crippen LogP contribution >= 0.6 is 0 Å². The second kappa shape index (κ2) is 4.12. The highest BCUT2D eigenvalue weighted by atomic mass is 19.1. The molecular weight excluding hydrogens is 175 g/mol. The lowest BCUT2D eigenvalue weighted by Gasteiger charge is -2.28. The highest BCUT2D eigenvalue weighted by Crippen LogP contribution is 2.37. The van der Waals surface area contributed by atoms with Crippen molar-refractivity contribution in [2.75, 3.05) is 0 Å². The molecule has 1 heteroatoms. The third-order valence-corrected chi connectivity index (χ3v) is 3.31. The molecule has 76 valence electrons. The lowest BCUT2D eigenvalue weighted by atomic mass is 9.78. The number of halogens is 1. The fourth-order valence-electron chi connectivity index (χ4n) is 2.44. The third kappa shape index (κ3) is 1.97. The van der Waals surface area contributed by atoms with Crippen LogP contribution in [0, 0.1) is 5.92 Å². The predicted molar refractivity (Wildman–Crippen MR) is 57.6 cm³/mol. The summed E-state index contributed by atoms with van der Waals surface area (Å²) in [5.41, 5.74) is 2.76. The van der Waals surface area contributed by atoms with Crippen LogP contribution in [-0.4, -0.2) is 0 Å². The van der Waals surface area contributed by atoms with E-state index in [0.717, 1.165) is 12.8 Å². The molecule has 0 aliphatic heterocycles.